The summed E-state index contributed by atoms with van der Waals surface area (Å²) >= 11 is 0.820. The average Bonchev–Trinajstić information content (AvgIpc) is 3.15. The molecule has 1 saturated heterocycles. The lowest BCUT2D eigenvalue weighted by Crippen LogP contribution is -2.36. The number of rotatable bonds is 10. The highest BCUT2D eigenvalue weighted by molar-refractivity contribution is 8.18. The van der Waals surface area contributed by atoms with Crippen LogP contribution >= 0.6 is 11.8 Å². The summed E-state index contributed by atoms with van der Waals surface area (Å²) in [6.07, 6.45) is 1.63. The van der Waals surface area contributed by atoms with E-state index in [1.54, 1.807) is 30.3 Å². The van der Waals surface area contributed by atoms with Gasteiger partial charge in [-0.2, -0.15) is 0 Å². The molecule has 3 aromatic carbocycles. The highest BCUT2D eigenvalue weighted by atomic mass is 32.2. The van der Waals surface area contributed by atoms with Gasteiger partial charge in [0.1, 0.15) is 31.3 Å². The normalized spacial score (nSPS) is 14.4. The number of nitrogens with zero attached hydrogens (tertiary/aromatic N) is 1. The Morgan fingerprint density at radius 1 is 0.892 bits per heavy atom. The Morgan fingerprint density at radius 3 is 2.14 bits per heavy atom. The smallest absolute Gasteiger partial charge is 0.294 e. The zero-order valence-corrected chi connectivity index (χ0v) is 21.5. The van der Waals surface area contributed by atoms with E-state index in [0.717, 1.165) is 33.5 Å². The molecule has 0 bridgehead atoms. The predicted molar refractivity (Wildman–Crippen MR) is 146 cm³/mol. The molecule has 190 valence electrons. The van der Waals surface area contributed by atoms with Crippen LogP contribution in [0.25, 0.3) is 6.08 Å². The van der Waals surface area contributed by atoms with Crippen molar-refractivity contribution in [2.45, 2.75) is 19.8 Å². The summed E-state index contributed by atoms with van der Waals surface area (Å²) in [6.45, 7) is 4.64. The van der Waals surface area contributed by atoms with Gasteiger partial charge in [-0.1, -0.05) is 56.3 Å². The molecule has 0 saturated carbocycles. The van der Waals surface area contributed by atoms with E-state index < -0.39 is 17.1 Å². The number of nitrogens with one attached hydrogen (secondary N) is 1. The molecule has 1 aliphatic rings. The molecule has 4 rings (SSSR count). The van der Waals surface area contributed by atoms with Crippen molar-refractivity contribution in [3.8, 4) is 11.5 Å². The zero-order valence-electron chi connectivity index (χ0n) is 20.7. The summed E-state index contributed by atoms with van der Waals surface area (Å²) in [4.78, 5) is 38.9. The molecule has 0 aliphatic carbocycles. The largest absolute Gasteiger partial charge is 0.490 e. The summed E-state index contributed by atoms with van der Waals surface area (Å²) < 4.78 is 11.3. The van der Waals surface area contributed by atoms with Crippen LogP contribution in [0.3, 0.4) is 0 Å². The standard InChI is InChI=1S/C29H28N2O5S/c1-20(2)22-10-12-23(13-11-22)30-27(32)19-31-28(33)26(37-29(31)34)18-21-8-14-25(15-9-21)36-17-16-35-24-6-4-3-5-7-24/h3-15,18,20H,16-17,19H2,1-2H3,(H,30,32)/b26-18+. The van der Waals surface area contributed by atoms with Crippen molar-refractivity contribution < 1.29 is 23.9 Å². The van der Waals surface area contributed by atoms with Crippen molar-refractivity contribution in [3.63, 3.8) is 0 Å². The summed E-state index contributed by atoms with van der Waals surface area (Å²) in [6, 6.07) is 24.2. The molecular formula is C29H28N2O5S. The van der Waals surface area contributed by atoms with E-state index >= 15 is 0 Å². The van der Waals surface area contributed by atoms with Gasteiger partial charge in [0, 0.05) is 5.69 Å². The van der Waals surface area contributed by atoms with Crippen LogP contribution in [0.1, 0.15) is 30.9 Å². The molecule has 0 aromatic heterocycles. The van der Waals surface area contributed by atoms with Crippen molar-refractivity contribution in [2.75, 3.05) is 25.1 Å². The highest BCUT2D eigenvalue weighted by Gasteiger charge is 2.36. The number of carbonyl (C=O) groups is 3. The minimum Gasteiger partial charge on any atom is -0.490 e. The monoisotopic (exact) mass is 516 g/mol. The number of hydrogen-bond acceptors (Lipinski definition) is 6. The van der Waals surface area contributed by atoms with E-state index in [2.05, 4.69) is 19.2 Å². The molecule has 0 unspecified atom stereocenters. The topological polar surface area (TPSA) is 84.9 Å². The molecule has 7 nitrogen and oxygen atoms in total. The van der Waals surface area contributed by atoms with Crippen LogP contribution in [0.4, 0.5) is 10.5 Å². The minimum atomic E-state index is -0.487. The maximum absolute atomic E-state index is 12.8. The van der Waals surface area contributed by atoms with Gasteiger partial charge in [0.05, 0.1) is 4.91 Å². The van der Waals surface area contributed by atoms with Crippen molar-refractivity contribution in [2.24, 2.45) is 0 Å². The molecular weight excluding hydrogens is 488 g/mol. The molecule has 37 heavy (non-hydrogen) atoms. The molecule has 1 aliphatic heterocycles. The summed E-state index contributed by atoms with van der Waals surface area (Å²) in [5.74, 6) is 0.917. The second kappa shape index (κ2) is 12.3. The maximum atomic E-state index is 12.8. The fourth-order valence-corrected chi connectivity index (χ4v) is 4.42. The summed E-state index contributed by atoms with van der Waals surface area (Å²) in [5.41, 5.74) is 2.52. The zero-order chi connectivity index (χ0) is 26.2. The summed E-state index contributed by atoms with van der Waals surface area (Å²) in [7, 11) is 0. The SMILES string of the molecule is CC(C)c1ccc(NC(=O)CN2C(=O)S/C(=C/c3ccc(OCCOc4ccccc4)cc3)C2=O)cc1. The summed E-state index contributed by atoms with van der Waals surface area (Å²) in [5, 5.41) is 2.27. The lowest BCUT2D eigenvalue weighted by molar-refractivity contribution is -0.127. The first-order valence-corrected chi connectivity index (χ1v) is 12.8. The van der Waals surface area contributed by atoms with Gasteiger partial charge in [-0.15, -0.1) is 0 Å². The molecule has 3 amide bonds. The Morgan fingerprint density at radius 2 is 1.51 bits per heavy atom. The van der Waals surface area contributed by atoms with Crippen molar-refractivity contribution in [1.29, 1.82) is 0 Å². The van der Waals surface area contributed by atoms with Gasteiger partial charge in [-0.3, -0.25) is 19.3 Å². The van der Waals surface area contributed by atoms with E-state index in [9.17, 15) is 14.4 Å². The molecule has 8 heteroatoms. The van der Waals surface area contributed by atoms with Crippen LogP contribution in [-0.4, -0.2) is 41.7 Å². The number of thioether (sulfide) groups is 1. The molecule has 1 heterocycles. The van der Waals surface area contributed by atoms with Gasteiger partial charge in [-0.05, 0) is 71.3 Å². The number of imide groups is 1. The van der Waals surface area contributed by atoms with Gasteiger partial charge < -0.3 is 14.8 Å². The van der Waals surface area contributed by atoms with Gasteiger partial charge in [0.25, 0.3) is 11.1 Å². The quantitative estimate of drug-likeness (QED) is 0.265. The molecule has 1 N–H and O–H groups in total. The van der Waals surface area contributed by atoms with Crippen LogP contribution in [0.5, 0.6) is 11.5 Å². The van der Waals surface area contributed by atoms with Crippen LogP contribution < -0.4 is 14.8 Å². The van der Waals surface area contributed by atoms with Crippen molar-refractivity contribution in [1.82, 2.24) is 4.90 Å². The number of carbonyl (C=O) groups excluding carboxylic acids is 3. The minimum absolute atomic E-state index is 0.268. The fraction of sp³-hybridized carbons (Fsp3) is 0.207. The van der Waals surface area contributed by atoms with E-state index in [0.29, 0.717) is 30.6 Å². The molecule has 0 radical (unpaired) electrons. The molecule has 0 spiro atoms. The predicted octanol–water partition coefficient (Wildman–Crippen LogP) is 5.94. The van der Waals surface area contributed by atoms with Gasteiger partial charge in [0.15, 0.2) is 0 Å². The Balaban J connectivity index is 1.28. The fourth-order valence-electron chi connectivity index (χ4n) is 3.58. The Bertz CT molecular complexity index is 1270. The first-order chi connectivity index (χ1) is 17.9. The second-order valence-corrected chi connectivity index (χ2v) is 9.66. The number of ether oxygens (including phenoxy) is 2. The van der Waals surface area contributed by atoms with Gasteiger partial charge >= 0.3 is 0 Å². The van der Waals surface area contributed by atoms with Crippen LogP contribution in [-0.2, 0) is 9.59 Å². The van der Waals surface area contributed by atoms with E-state index in [-0.39, 0.29) is 11.4 Å². The van der Waals surface area contributed by atoms with E-state index in [4.69, 9.17) is 9.47 Å². The first kappa shape index (κ1) is 26.0. The molecule has 0 atom stereocenters. The average molecular weight is 517 g/mol. The number of para-hydroxylation sites is 1. The molecule has 1 fully saturated rings. The lowest BCUT2D eigenvalue weighted by atomic mass is 10.0. The maximum Gasteiger partial charge on any atom is 0.294 e. The number of anilines is 1. The third kappa shape index (κ3) is 7.24. The Hall–Kier alpha value is -4.04. The third-order valence-electron chi connectivity index (χ3n) is 5.58. The Kier molecular flexibility index (Phi) is 8.64. The number of hydrogen-bond donors (Lipinski definition) is 1. The van der Waals surface area contributed by atoms with E-state index in [1.807, 2.05) is 54.6 Å². The highest BCUT2D eigenvalue weighted by Crippen LogP contribution is 2.32. The lowest BCUT2D eigenvalue weighted by Gasteiger charge is -2.13. The van der Waals surface area contributed by atoms with Gasteiger partial charge in [-0.25, -0.2) is 0 Å². The second-order valence-electron chi connectivity index (χ2n) is 8.67. The molecule has 3 aromatic rings. The van der Waals surface area contributed by atoms with Crippen molar-refractivity contribution >= 4 is 40.6 Å². The van der Waals surface area contributed by atoms with Crippen LogP contribution in [0, 0.1) is 0 Å². The van der Waals surface area contributed by atoms with E-state index in [1.165, 1.54) is 0 Å². The van der Waals surface area contributed by atoms with Crippen LogP contribution in [0.2, 0.25) is 0 Å². The first-order valence-electron chi connectivity index (χ1n) is 11.9. The Labute approximate surface area is 220 Å². The number of amides is 3. The number of benzene rings is 3. The van der Waals surface area contributed by atoms with Gasteiger partial charge in [0.2, 0.25) is 5.91 Å². The van der Waals surface area contributed by atoms with Crippen molar-refractivity contribution in [3.05, 3.63) is 94.9 Å². The third-order valence-corrected chi connectivity index (χ3v) is 6.49. The van der Waals surface area contributed by atoms with Crippen LogP contribution in [0.15, 0.2) is 83.8 Å².